The van der Waals surface area contributed by atoms with Crippen molar-refractivity contribution >= 4 is 11.8 Å². The summed E-state index contributed by atoms with van der Waals surface area (Å²) in [6, 6.07) is 10.6. The molecule has 1 N–H and O–H groups in total. The first-order valence-electron chi connectivity index (χ1n) is 8.54. The van der Waals surface area contributed by atoms with Crippen LogP contribution < -0.4 is 10.1 Å². The Bertz CT molecular complexity index is 702. The lowest BCUT2D eigenvalue weighted by molar-refractivity contribution is 0.0695. The van der Waals surface area contributed by atoms with Crippen molar-refractivity contribution in [1.29, 1.82) is 0 Å². The zero-order valence-electron chi connectivity index (χ0n) is 14.2. The minimum atomic E-state index is -0.207. The van der Waals surface area contributed by atoms with Gasteiger partial charge in [0, 0.05) is 24.7 Å². The van der Waals surface area contributed by atoms with Gasteiger partial charge in [0.15, 0.2) is 5.76 Å². The van der Waals surface area contributed by atoms with E-state index in [0.717, 1.165) is 18.6 Å². The predicted octanol–water partition coefficient (Wildman–Crippen LogP) is 2.71. The monoisotopic (exact) mass is 342 g/mol. The fourth-order valence-electron chi connectivity index (χ4n) is 2.93. The molecule has 1 fully saturated rings. The van der Waals surface area contributed by atoms with Crippen molar-refractivity contribution in [3.8, 4) is 5.75 Å². The van der Waals surface area contributed by atoms with E-state index >= 15 is 0 Å². The topological polar surface area (TPSA) is 71.8 Å². The molecule has 0 unspecified atom stereocenters. The highest BCUT2D eigenvalue weighted by Crippen LogP contribution is 2.17. The number of furan rings is 1. The standard InChI is InChI=1S/C19H22N2O4/c1-2-24-16-7-5-14(6-8-16)19(23)21-11-9-15(10-12-21)20-18(22)17-4-3-13-25-17/h3-8,13,15H,2,9-12H2,1H3,(H,20,22). The third-order valence-corrected chi connectivity index (χ3v) is 4.27. The van der Waals surface area contributed by atoms with E-state index in [1.807, 2.05) is 24.0 Å². The number of carbonyl (C=O) groups excluding carboxylic acids is 2. The van der Waals surface area contributed by atoms with Crippen molar-refractivity contribution in [1.82, 2.24) is 10.2 Å². The largest absolute Gasteiger partial charge is 0.494 e. The summed E-state index contributed by atoms with van der Waals surface area (Å²) < 4.78 is 10.5. The lowest BCUT2D eigenvalue weighted by atomic mass is 10.0. The maximum absolute atomic E-state index is 12.6. The Morgan fingerprint density at radius 2 is 1.92 bits per heavy atom. The summed E-state index contributed by atoms with van der Waals surface area (Å²) in [5.41, 5.74) is 0.654. The summed E-state index contributed by atoms with van der Waals surface area (Å²) in [6.45, 7) is 3.77. The summed E-state index contributed by atoms with van der Waals surface area (Å²) in [5.74, 6) is 0.881. The Labute approximate surface area is 146 Å². The molecule has 1 aromatic carbocycles. The molecule has 6 heteroatoms. The van der Waals surface area contributed by atoms with Gasteiger partial charge in [0.25, 0.3) is 11.8 Å². The number of nitrogens with one attached hydrogen (secondary N) is 1. The molecule has 0 spiro atoms. The predicted molar refractivity (Wildman–Crippen MR) is 92.7 cm³/mol. The number of rotatable bonds is 5. The Kier molecular flexibility index (Phi) is 5.38. The molecule has 2 aromatic rings. The highest BCUT2D eigenvalue weighted by atomic mass is 16.5. The van der Waals surface area contributed by atoms with Crippen LogP contribution in [-0.2, 0) is 0 Å². The van der Waals surface area contributed by atoms with Crippen LogP contribution in [0.1, 0.15) is 40.7 Å². The van der Waals surface area contributed by atoms with E-state index in [9.17, 15) is 9.59 Å². The highest BCUT2D eigenvalue weighted by Gasteiger charge is 2.25. The summed E-state index contributed by atoms with van der Waals surface area (Å²) in [7, 11) is 0. The van der Waals surface area contributed by atoms with Crippen molar-refractivity contribution in [2.24, 2.45) is 0 Å². The Morgan fingerprint density at radius 3 is 2.52 bits per heavy atom. The number of ether oxygens (including phenoxy) is 1. The molecule has 0 bridgehead atoms. The smallest absolute Gasteiger partial charge is 0.287 e. The zero-order chi connectivity index (χ0) is 17.6. The molecule has 3 rings (SSSR count). The van der Waals surface area contributed by atoms with E-state index < -0.39 is 0 Å². The van der Waals surface area contributed by atoms with Gasteiger partial charge < -0.3 is 19.4 Å². The van der Waals surface area contributed by atoms with Crippen LogP contribution in [0.2, 0.25) is 0 Å². The first-order chi connectivity index (χ1) is 12.2. The maximum Gasteiger partial charge on any atom is 0.287 e. The molecular weight excluding hydrogens is 320 g/mol. The van der Waals surface area contributed by atoms with Crippen LogP contribution in [0.15, 0.2) is 47.1 Å². The van der Waals surface area contributed by atoms with Gasteiger partial charge in [-0.25, -0.2) is 0 Å². The quantitative estimate of drug-likeness (QED) is 0.907. The Hall–Kier alpha value is -2.76. The second kappa shape index (κ2) is 7.88. The molecule has 132 valence electrons. The first-order valence-corrected chi connectivity index (χ1v) is 8.54. The second-order valence-corrected chi connectivity index (χ2v) is 5.97. The molecule has 0 saturated carbocycles. The number of hydrogen-bond donors (Lipinski definition) is 1. The third-order valence-electron chi connectivity index (χ3n) is 4.27. The first kappa shape index (κ1) is 17.1. The zero-order valence-corrected chi connectivity index (χ0v) is 14.2. The minimum absolute atomic E-state index is 0.0128. The van der Waals surface area contributed by atoms with Crippen molar-refractivity contribution in [3.05, 3.63) is 54.0 Å². The van der Waals surface area contributed by atoms with Crippen LogP contribution >= 0.6 is 0 Å². The molecule has 2 heterocycles. The highest BCUT2D eigenvalue weighted by molar-refractivity contribution is 5.94. The minimum Gasteiger partial charge on any atom is -0.494 e. The molecular formula is C19H22N2O4. The molecule has 0 aliphatic carbocycles. The van der Waals surface area contributed by atoms with Crippen molar-refractivity contribution in [2.45, 2.75) is 25.8 Å². The van der Waals surface area contributed by atoms with Gasteiger partial charge in [-0.2, -0.15) is 0 Å². The van der Waals surface area contributed by atoms with Gasteiger partial charge in [-0.1, -0.05) is 0 Å². The number of piperidine rings is 1. The van der Waals surface area contributed by atoms with Crippen LogP contribution in [-0.4, -0.2) is 42.5 Å². The molecule has 1 saturated heterocycles. The van der Waals surface area contributed by atoms with E-state index in [1.54, 1.807) is 24.3 Å². The van der Waals surface area contributed by atoms with Crippen molar-refractivity contribution in [2.75, 3.05) is 19.7 Å². The van der Waals surface area contributed by atoms with Gasteiger partial charge in [-0.3, -0.25) is 9.59 Å². The molecule has 25 heavy (non-hydrogen) atoms. The van der Waals surface area contributed by atoms with Crippen LogP contribution in [0.25, 0.3) is 0 Å². The number of amides is 2. The molecule has 1 aromatic heterocycles. The van der Waals surface area contributed by atoms with Gasteiger partial charge in [-0.15, -0.1) is 0 Å². The molecule has 1 aliphatic rings. The van der Waals surface area contributed by atoms with Crippen molar-refractivity contribution in [3.63, 3.8) is 0 Å². The number of carbonyl (C=O) groups is 2. The lowest BCUT2D eigenvalue weighted by Gasteiger charge is -2.32. The lowest BCUT2D eigenvalue weighted by Crippen LogP contribution is -2.46. The normalized spacial score (nSPS) is 15.0. The third kappa shape index (κ3) is 4.21. The van der Waals surface area contributed by atoms with E-state index in [1.165, 1.54) is 6.26 Å². The summed E-state index contributed by atoms with van der Waals surface area (Å²) >= 11 is 0. The van der Waals surface area contributed by atoms with Gasteiger partial charge in [0.05, 0.1) is 12.9 Å². The van der Waals surface area contributed by atoms with E-state index in [4.69, 9.17) is 9.15 Å². The molecule has 0 radical (unpaired) electrons. The van der Waals surface area contributed by atoms with Gasteiger partial charge >= 0.3 is 0 Å². The fraction of sp³-hybridized carbons (Fsp3) is 0.368. The molecule has 6 nitrogen and oxygen atoms in total. The van der Waals surface area contributed by atoms with Crippen LogP contribution in [0.3, 0.4) is 0 Å². The molecule has 1 aliphatic heterocycles. The maximum atomic E-state index is 12.6. The molecule has 0 atom stereocenters. The van der Waals surface area contributed by atoms with Gasteiger partial charge in [-0.05, 0) is 56.2 Å². The number of benzene rings is 1. The molecule has 2 amide bonds. The van der Waals surface area contributed by atoms with Crippen LogP contribution in [0.4, 0.5) is 0 Å². The summed E-state index contributed by atoms with van der Waals surface area (Å²) in [5, 5.41) is 2.95. The SMILES string of the molecule is CCOc1ccc(C(=O)N2CCC(NC(=O)c3ccco3)CC2)cc1. The summed E-state index contributed by atoms with van der Waals surface area (Å²) in [6.07, 6.45) is 2.94. The average molecular weight is 342 g/mol. The van der Waals surface area contributed by atoms with Crippen LogP contribution in [0, 0.1) is 0 Å². The number of likely N-dealkylation sites (tertiary alicyclic amines) is 1. The second-order valence-electron chi connectivity index (χ2n) is 5.97. The van der Waals surface area contributed by atoms with E-state index in [2.05, 4.69) is 5.32 Å². The van der Waals surface area contributed by atoms with Gasteiger partial charge in [0.1, 0.15) is 5.75 Å². The fourth-order valence-corrected chi connectivity index (χ4v) is 2.93. The Morgan fingerprint density at radius 1 is 1.20 bits per heavy atom. The number of hydrogen-bond acceptors (Lipinski definition) is 4. The Balaban J connectivity index is 1.51. The van der Waals surface area contributed by atoms with Crippen LogP contribution in [0.5, 0.6) is 5.75 Å². The van der Waals surface area contributed by atoms with Gasteiger partial charge in [0.2, 0.25) is 0 Å². The van der Waals surface area contributed by atoms with E-state index in [-0.39, 0.29) is 17.9 Å². The van der Waals surface area contributed by atoms with E-state index in [0.29, 0.717) is 31.0 Å². The van der Waals surface area contributed by atoms with Crippen molar-refractivity contribution < 1.29 is 18.7 Å². The average Bonchev–Trinajstić information content (AvgIpc) is 3.18. The summed E-state index contributed by atoms with van der Waals surface area (Å²) in [4.78, 5) is 26.4. The number of nitrogens with zero attached hydrogens (tertiary/aromatic N) is 1.